The van der Waals surface area contributed by atoms with Crippen molar-refractivity contribution in [3.63, 3.8) is 0 Å². The van der Waals surface area contributed by atoms with Crippen LogP contribution in [0.3, 0.4) is 0 Å². The molecule has 2 heterocycles. The molecule has 2 rings (SSSR count). The van der Waals surface area contributed by atoms with E-state index in [1.54, 1.807) is 11.3 Å². The summed E-state index contributed by atoms with van der Waals surface area (Å²) in [6, 6.07) is 2.05. The number of anilines is 1. The Morgan fingerprint density at radius 1 is 1.35 bits per heavy atom. The van der Waals surface area contributed by atoms with Gasteiger partial charge in [0.2, 0.25) is 11.0 Å². The average molecular weight is 309 g/mol. The highest BCUT2D eigenvalue weighted by molar-refractivity contribution is 7.15. The molecule has 2 aromatic rings. The third kappa shape index (κ3) is 4.11. The van der Waals surface area contributed by atoms with E-state index in [0.717, 1.165) is 24.3 Å². The summed E-state index contributed by atoms with van der Waals surface area (Å²) >= 11 is 3.14. The van der Waals surface area contributed by atoms with Gasteiger partial charge in [0.25, 0.3) is 0 Å². The molecule has 0 saturated carbocycles. The number of hydrogen-bond donors (Lipinski definition) is 1. The van der Waals surface area contributed by atoms with E-state index >= 15 is 0 Å². The van der Waals surface area contributed by atoms with Crippen molar-refractivity contribution in [2.75, 3.05) is 5.32 Å². The normalized spacial score (nSPS) is 10.9. The van der Waals surface area contributed by atoms with Crippen LogP contribution in [0.25, 0.3) is 0 Å². The molecule has 1 N–H and O–H groups in total. The van der Waals surface area contributed by atoms with Crippen molar-refractivity contribution in [1.82, 2.24) is 10.2 Å². The predicted molar refractivity (Wildman–Crippen MR) is 84.5 cm³/mol. The molecule has 0 aliphatic carbocycles. The number of nitrogens with one attached hydrogen (secondary N) is 1. The zero-order chi connectivity index (χ0) is 14.4. The van der Waals surface area contributed by atoms with Crippen molar-refractivity contribution in [3.8, 4) is 0 Å². The molecule has 0 bridgehead atoms. The van der Waals surface area contributed by atoms with Gasteiger partial charge in [-0.1, -0.05) is 25.2 Å². The Hall–Kier alpha value is -1.27. The number of hydrogen-bond acceptors (Lipinski definition) is 5. The molecule has 20 heavy (non-hydrogen) atoms. The van der Waals surface area contributed by atoms with Crippen LogP contribution in [-0.2, 0) is 11.2 Å². The molecule has 0 saturated heterocycles. The SMILES string of the molecule is CCC(CC)c1nnc(NC(=O)CCc2ccsc2)s1. The van der Waals surface area contributed by atoms with Crippen LogP contribution in [0.1, 0.15) is 49.6 Å². The van der Waals surface area contributed by atoms with Crippen LogP contribution < -0.4 is 5.32 Å². The van der Waals surface area contributed by atoms with E-state index in [0.29, 0.717) is 17.5 Å². The van der Waals surface area contributed by atoms with Crippen LogP contribution in [0.15, 0.2) is 16.8 Å². The second-order valence-electron chi connectivity index (χ2n) is 4.64. The summed E-state index contributed by atoms with van der Waals surface area (Å²) in [5, 5.41) is 16.8. The first kappa shape index (κ1) is 15.1. The largest absolute Gasteiger partial charge is 0.301 e. The van der Waals surface area contributed by atoms with Gasteiger partial charge >= 0.3 is 0 Å². The van der Waals surface area contributed by atoms with E-state index in [2.05, 4.69) is 34.7 Å². The van der Waals surface area contributed by atoms with Crippen LogP contribution in [0.4, 0.5) is 5.13 Å². The number of nitrogens with zero attached hydrogens (tertiary/aromatic N) is 2. The highest BCUT2D eigenvalue weighted by atomic mass is 32.1. The Labute approximate surface area is 127 Å². The number of amides is 1. The van der Waals surface area contributed by atoms with Crippen LogP contribution in [0.5, 0.6) is 0 Å². The Balaban J connectivity index is 1.85. The van der Waals surface area contributed by atoms with E-state index in [9.17, 15) is 4.79 Å². The summed E-state index contributed by atoms with van der Waals surface area (Å²) < 4.78 is 0. The molecule has 0 radical (unpaired) electrons. The molecule has 0 aromatic carbocycles. The summed E-state index contributed by atoms with van der Waals surface area (Å²) in [6.07, 6.45) is 3.36. The molecular formula is C14H19N3OS2. The van der Waals surface area contributed by atoms with Gasteiger partial charge in [0.1, 0.15) is 5.01 Å². The van der Waals surface area contributed by atoms with Crippen molar-refractivity contribution < 1.29 is 4.79 Å². The van der Waals surface area contributed by atoms with Gasteiger partial charge in [0, 0.05) is 12.3 Å². The lowest BCUT2D eigenvalue weighted by Gasteiger charge is -2.05. The predicted octanol–water partition coefficient (Wildman–Crippen LogP) is 4.07. The van der Waals surface area contributed by atoms with Crippen molar-refractivity contribution in [2.45, 2.75) is 45.4 Å². The number of aromatic nitrogens is 2. The standard InChI is InChI=1S/C14H19N3OS2/c1-3-11(4-2)13-16-17-14(20-13)15-12(18)6-5-10-7-8-19-9-10/h7-9,11H,3-6H2,1-2H3,(H,15,17,18). The number of carbonyl (C=O) groups is 1. The molecule has 0 aliphatic heterocycles. The highest BCUT2D eigenvalue weighted by Gasteiger charge is 2.14. The molecule has 0 fully saturated rings. The number of carbonyl (C=O) groups excluding carboxylic acids is 1. The van der Waals surface area contributed by atoms with E-state index < -0.39 is 0 Å². The fourth-order valence-electron chi connectivity index (χ4n) is 1.96. The first-order chi connectivity index (χ1) is 9.72. The molecule has 0 atom stereocenters. The Morgan fingerprint density at radius 2 is 2.15 bits per heavy atom. The highest BCUT2D eigenvalue weighted by Crippen LogP contribution is 2.28. The third-order valence-corrected chi connectivity index (χ3v) is 4.98. The summed E-state index contributed by atoms with van der Waals surface area (Å²) in [7, 11) is 0. The zero-order valence-electron chi connectivity index (χ0n) is 11.8. The maximum atomic E-state index is 11.9. The first-order valence-electron chi connectivity index (χ1n) is 6.87. The van der Waals surface area contributed by atoms with Crippen LogP contribution in [-0.4, -0.2) is 16.1 Å². The van der Waals surface area contributed by atoms with Gasteiger partial charge < -0.3 is 5.32 Å². The smallest absolute Gasteiger partial charge is 0.226 e. The molecular weight excluding hydrogens is 290 g/mol. The fourth-order valence-corrected chi connectivity index (χ4v) is 3.69. The maximum absolute atomic E-state index is 11.9. The minimum Gasteiger partial charge on any atom is -0.301 e. The van der Waals surface area contributed by atoms with Gasteiger partial charge in [-0.2, -0.15) is 11.3 Å². The average Bonchev–Trinajstić information content (AvgIpc) is 3.10. The maximum Gasteiger partial charge on any atom is 0.226 e. The lowest BCUT2D eigenvalue weighted by Crippen LogP contribution is -2.11. The van der Waals surface area contributed by atoms with Gasteiger partial charge in [0.05, 0.1) is 0 Å². The van der Waals surface area contributed by atoms with Crippen LogP contribution in [0, 0.1) is 0 Å². The quantitative estimate of drug-likeness (QED) is 0.838. The summed E-state index contributed by atoms with van der Waals surface area (Å²) in [5.74, 6) is 0.451. The lowest BCUT2D eigenvalue weighted by molar-refractivity contribution is -0.116. The first-order valence-corrected chi connectivity index (χ1v) is 8.63. The minimum absolute atomic E-state index is 0.00319. The molecule has 108 valence electrons. The molecule has 0 aliphatic rings. The monoisotopic (exact) mass is 309 g/mol. The van der Waals surface area contributed by atoms with E-state index in [1.807, 2.05) is 11.4 Å². The van der Waals surface area contributed by atoms with Crippen LogP contribution in [0.2, 0.25) is 0 Å². The second-order valence-corrected chi connectivity index (χ2v) is 6.43. The van der Waals surface area contributed by atoms with Gasteiger partial charge in [-0.3, -0.25) is 4.79 Å². The molecule has 0 spiro atoms. The topological polar surface area (TPSA) is 54.9 Å². The number of thiophene rings is 1. The van der Waals surface area contributed by atoms with Gasteiger partial charge in [-0.15, -0.1) is 10.2 Å². The van der Waals surface area contributed by atoms with Crippen LogP contribution >= 0.6 is 22.7 Å². The fraction of sp³-hybridized carbons (Fsp3) is 0.500. The van der Waals surface area contributed by atoms with E-state index in [4.69, 9.17) is 0 Å². The van der Waals surface area contributed by atoms with Gasteiger partial charge in [-0.25, -0.2) is 0 Å². The van der Waals surface area contributed by atoms with Crippen molar-refractivity contribution >= 4 is 33.7 Å². The Morgan fingerprint density at radius 3 is 2.80 bits per heavy atom. The summed E-state index contributed by atoms with van der Waals surface area (Å²) in [5.41, 5.74) is 1.21. The number of aryl methyl sites for hydroxylation is 1. The van der Waals surface area contributed by atoms with Gasteiger partial charge in [-0.05, 0) is 41.7 Å². The number of rotatable bonds is 7. The van der Waals surface area contributed by atoms with E-state index in [-0.39, 0.29) is 5.91 Å². The summed E-state index contributed by atoms with van der Waals surface area (Å²) in [6.45, 7) is 4.29. The minimum atomic E-state index is 0.00319. The van der Waals surface area contributed by atoms with Gasteiger partial charge in [0.15, 0.2) is 0 Å². The van der Waals surface area contributed by atoms with Crippen molar-refractivity contribution in [2.24, 2.45) is 0 Å². The van der Waals surface area contributed by atoms with Crippen molar-refractivity contribution in [3.05, 3.63) is 27.4 Å². The third-order valence-electron chi connectivity index (χ3n) is 3.24. The molecule has 2 aromatic heterocycles. The second kappa shape index (κ2) is 7.50. The lowest BCUT2D eigenvalue weighted by atomic mass is 10.1. The summed E-state index contributed by atoms with van der Waals surface area (Å²) in [4.78, 5) is 11.9. The zero-order valence-corrected chi connectivity index (χ0v) is 13.4. The Bertz CT molecular complexity index is 532. The Kier molecular flexibility index (Phi) is 5.67. The van der Waals surface area contributed by atoms with Crippen molar-refractivity contribution in [1.29, 1.82) is 0 Å². The molecule has 0 unspecified atom stereocenters. The molecule has 6 heteroatoms. The van der Waals surface area contributed by atoms with E-state index in [1.165, 1.54) is 16.9 Å². The molecule has 1 amide bonds. The molecule has 4 nitrogen and oxygen atoms in total.